The van der Waals surface area contributed by atoms with E-state index < -0.39 is 5.60 Å². The van der Waals surface area contributed by atoms with Gasteiger partial charge in [0.1, 0.15) is 17.1 Å². The lowest BCUT2D eigenvalue weighted by molar-refractivity contribution is 0.0329. The highest BCUT2D eigenvalue weighted by atomic mass is 16.4. The zero-order valence-electron chi connectivity index (χ0n) is 11.6. The molecule has 0 aromatic carbocycles. The first-order chi connectivity index (χ1) is 9.53. The molecule has 0 saturated heterocycles. The van der Waals surface area contributed by atoms with Gasteiger partial charge in [0.05, 0.1) is 12.8 Å². The Morgan fingerprint density at radius 1 is 1.60 bits per heavy atom. The van der Waals surface area contributed by atoms with Crippen LogP contribution in [0, 0.1) is 0 Å². The molecule has 0 aliphatic rings. The maximum absolute atomic E-state index is 11.9. The van der Waals surface area contributed by atoms with E-state index in [2.05, 4.69) is 22.4 Å². The third-order valence-corrected chi connectivity index (χ3v) is 3.03. The molecule has 0 radical (unpaired) electrons. The fraction of sp³-hybridized carbons (Fsp3) is 0.429. The van der Waals surface area contributed by atoms with E-state index in [0.717, 1.165) is 18.5 Å². The molecule has 2 heterocycles. The number of aryl methyl sites for hydroxylation is 1. The second-order valence-electron chi connectivity index (χ2n) is 4.96. The standard InChI is InChI=1S/C14H19N3O3/c1-3-5-10-8-11(17-16-10)13(18)15-9-14(2,19)12-6-4-7-20-12/h4,6-8,19H,3,5,9H2,1-2H3,(H,15,18)(H,16,17). The normalized spacial score (nSPS) is 13.9. The Bertz CT molecular complexity index is 558. The van der Waals surface area contributed by atoms with Gasteiger partial charge >= 0.3 is 0 Å². The smallest absolute Gasteiger partial charge is 0.271 e. The van der Waals surface area contributed by atoms with Crippen molar-refractivity contribution in [1.29, 1.82) is 0 Å². The third-order valence-electron chi connectivity index (χ3n) is 3.03. The number of aromatic amines is 1. The highest BCUT2D eigenvalue weighted by molar-refractivity contribution is 5.92. The summed E-state index contributed by atoms with van der Waals surface area (Å²) in [6.45, 7) is 3.69. The van der Waals surface area contributed by atoms with Crippen molar-refractivity contribution >= 4 is 5.91 Å². The molecule has 6 heteroatoms. The number of aliphatic hydroxyl groups is 1. The topological polar surface area (TPSA) is 91.2 Å². The molecule has 0 aliphatic heterocycles. The molecule has 0 saturated carbocycles. The van der Waals surface area contributed by atoms with E-state index >= 15 is 0 Å². The number of nitrogens with zero attached hydrogens (tertiary/aromatic N) is 1. The number of furan rings is 1. The van der Waals surface area contributed by atoms with Crippen LogP contribution in [-0.4, -0.2) is 27.8 Å². The lowest BCUT2D eigenvalue weighted by atomic mass is 10.0. The van der Waals surface area contributed by atoms with E-state index in [1.807, 2.05) is 0 Å². The third kappa shape index (κ3) is 3.27. The Morgan fingerprint density at radius 3 is 3.05 bits per heavy atom. The van der Waals surface area contributed by atoms with Crippen molar-refractivity contribution in [3.05, 3.63) is 41.6 Å². The van der Waals surface area contributed by atoms with Crippen molar-refractivity contribution in [2.75, 3.05) is 6.54 Å². The molecule has 0 aliphatic carbocycles. The summed E-state index contributed by atoms with van der Waals surface area (Å²) in [6.07, 6.45) is 3.32. The average molecular weight is 277 g/mol. The van der Waals surface area contributed by atoms with Gasteiger partial charge < -0.3 is 14.8 Å². The van der Waals surface area contributed by atoms with Gasteiger partial charge in [-0.25, -0.2) is 0 Å². The molecule has 0 spiro atoms. The first-order valence-corrected chi connectivity index (χ1v) is 6.62. The summed E-state index contributed by atoms with van der Waals surface area (Å²) in [5.41, 5.74) is 0.000905. The zero-order valence-corrected chi connectivity index (χ0v) is 11.6. The Morgan fingerprint density at radius 2 is 2.40 bits per heavy atom. The number of H-pyrrole nitrogens is 1. The predicted octanol–water partition coefficient (Wildman–Crippen LogP) is 1.59. The molecule has 1 unspecified atom stereocenters. The minimum absolute atomic E-state index is 0.0509. The molecule has 2 aromatic heterocycles. The number of rotatable bonds is 6. The van der Waals surface area contributed by atoms with E-state index in [1.165, 1.54) is 6.26 Å². The highest BCUT2D eigenvalue weighted by Crippen LogP contribution is 2.19. The number of hydrogen-bond donors (Lipinski definition) is 3. The number of carbonyl (C=O) groups excluding carboxylic acids is 1. The van der Waals surface area contributed by atoms with Gasteiger partial charge in [-0.05, 0) is 31.5 Å². The number of aromatic nitrogens is 2. The quantitative estimate of drug-likeness (QED) is 0.747. The molecule has 0 bridgehead atoms. The summed E-state index contributed by atoms with van der Waals surface area (Å²) in [4.78, 5) is 11.9. The van der Waals surface area contributed by atoms with Crippen LogP contribution in [-0.2, 0) is 12.0 Å². The average Bonchev–Trinajstić information content (AvgIpc) is 3.07. The van der Waals surface area contributed by atoms with Crippen molar-refractivity contribution in [2.45, 2.75) is 32.3 Å². The summed E-state index contributed by atoms with van der Waals surface area (Å²) in [7, 11) is 0. The fourth-order valence-electron chi connectivity index (χ4n) is 1.89. The van der Waals surface area contributed by atoms with Crippen molar-refractivity contribution < 1.29 is 14.3 Å². The van der Waals surface area contributed by atoms with Crippen LogP contribution in [0.4, 0.5) is 0 Å². The van der Waals surface area contributed by atoms with Gasteiger partial charge in [-0.2, -0.15) is 5.10 Å². The molecule has 1 atom stereocenters. The largest absolute Gasteiger partial charge is 0.466 e. The Labute approximate surface area is 117 Å². The van der Waals surface area contributed by atoms with Gasteiger partial charge in [-0.3, -0.25) is 9.89 Å². The Hall–Kier alpha value is -2.08. The number of carbonyl (C=O) groups is 1. The molecule has 20 heavy (non-hydrogen) atoms. The fourth-order valence-corrected chi connectivity index (χ4v) is 1.89. The van der Waals surface area contributed by atoms with Gasteiger partial charge in [0.15, 0.2) is 0 Å². The highest BCUT2D eigenvalue weighted by Gasteiger charge is 2.27. The van der Waals surface area contributed by atoms with Gasteiger partial charge in [0.2, 0.25) is 0 Å². The number of nitrogens with one attached hydrogen (secondary N) is 2. The maximum Gasteiger partial charge on any atom is 0.271 e. The monoisotopic (exact) mass is 277 g/mol. The zero-order chi connectivity index (χ0) is 14.6. The maximum atomic E-state index is 11.9. The molecular weight excluding hydrogens is 258 g/mol. The Kier molecular flexibility index (Phi) is 4.24. The van der Waals surface area contributed by atoms with Crippen LogP contribution in [0.15, 0.2) is 28.9 Å². The van der Waals surface area contributed by atoms with Crippen molar-refractivity contribution in [3.63, 3.8) is 0 Å². The first-order valence-electron chi connectivity index (χ1n) is 6.62. The lowest BCUT2D eigenvalue weighted by Gasteiger charge is -2.20. The molecule has 2 rings (SSSR count). The van der Waals surface area contributed by atoms with Crippen LogP contribution < -0.4 is 5.32 Å². The van der Waals surface area contributed by atoms with E-state index in [9.17, 15) is 9.90 Å². The van der Waals surface area contributed by atoms with Gasteiger partial charge in [0, 0.05) is 5.69 Å². The second kappa shape index (κ2) is 5.92. The van der Waals surface area contributed by atoms with Gasteiger partial charge in [-0.15, -0.1) is 0 Å². The van der Waals surface area contributed by atoms with Crippen LogP contribution >= 0.6 is 0 Å². The molecule has 2 aromatic rings. The van der Waals surface area contributed by atoms with E-state index in [1.54, 1.807) is 25.1 Å². The van der Waals surface area contributed by atoms with Crippen LogP contribution in [0.25, 0.3) is 0 Å². The van der Waals surface area contributed by atoms with Gasteiger partial charge in [0.25, 0.3) is 5.91 Å². The molecule has 108 valence electrons. The minimum atomic E-state index is -1.25. The summed E-state index contributed by atoms with van der Waals surface area (Å²) in [6, 6.07) is 5.08. The number of amides is 1. The SMILES string of the molecule is CCCc1cc(C(=O)NCC(C)(O)c2ccco2)n[nH]1. The van der Waals surface area contributed by atoms with Crippen LogP contribution in [0.5, 0.6) is 0 Å². The predicted molar refractivity (Wildman–Crippen MR) is 73.2 cm³/mol. The van der Waals surface area contributed by atoms with Crippen LogP contribution in [0.1, 0.15) is 42.2 Å². The molecule has 0 fully saturated rings. The summed E-state index contributed by atoms with van der Waals surface area (Å²) >= 11 is 0. The lowest BCUT2D eigenvalue weighted by Crippen LogP contribution is -2.38. The molecule has 1 amide bonds. The van der Waals surface area contributed by atoms with Crippen molar-refractivity contribution in [3.8, 4) is 0 Å². The van der Waals surface area contributed by atoms with Crippen LogP contribution in [0.3, 0.4) is 0 Å². The first kappa shape index (κ1) is 14.3. The van der Waals surface area contributed by atoms with Crippen molar-refractivity contribution in [2.24, 2.45) is 0 Å². The summed E-state index contributed by atoms with van der Waals surface area (Å²) in [5, 5.41) is 19.7. The summed E-state index contributed by atoms with van der Waals surface area (Å²) < 4.78 is 5.15. The number of hydrogen-bond acceptors (Lipinski definition) is 4. The second-order valence-corrected chi connectivity index (χ2v) is 4.96. The van der Waals surface area contributed by atoms with E-state index in [0.29, 0.717) is 11.5 Å². The molecule has 3 N–H and O–H groups in total. The molecular formula is C14H19N3O3. The van der Waals surface area contributed by atoms with Crippen molar-refractivity contribution in [1.82, 2.24) is 15.5 Å². The van der Waals surface area contributed by atoms with Gasteiger partial charge in [-0.1, -0.05) is 13.3 Å². The minimum Gasteiger partial charge on any atom is -0.466 e. The molecule has 6 nitrogen and oxygen atoms in total. The summed E-state index contributed by atoms with van der Waals surface area (Å²) in [5.74, 6) is 0.0851. The van der Waals surface area contributed by atoms with E-state index in [-0.39, 0.29) is 12.5 Å². The Balaban J connectivity index is 1.94. The van der Waals surface area contributed by atoms with Crippen LogP contribution in [0.2, 0.25) is 0 Å². The van der Waals surface area contributed by atoms with E-state index in [4.69, 9.17) is 4.42 Å².